The topological polar surface area (TPSA) is 93.1 Å². The lowest BCUT2D eigenvalue weighted by Crippen LogP contribution is -2.57. The minimum Gasteiger partial charge on any atom is -0.495 e. The van der Waals surface area contributed by atoms with Gasteiger partial charge in [0.25, 0.3) is 0 Å². The van der Waals surface area contributed by atoms with Crippen molar-refractivity contribution >= 4 is 35.1 Å². The van der Waals surface area contributed by atoms with Crippen LogP contribution in [-0.2, 0) is 19.8 Å². The first kappa shape index (κ1) is 21.7. The molecule has 8 heteroatoms. The van der Waals surface area contributed by atoms with Gasteiger partial charge in [-0.2, -0.15) is 0 Å². The van der Waals surface area contributed by atoms with E-state index in [4.69, 9.17) is 21.1 Å². The van der Waals surface area contributed by atoms with Crippen molar-refractivity contribution in [3.05, 3.63) is 87.9 Å². The zero-order valence-electron chi connectivity index (χ0n) is 18.8. The monoisotopic (exact) mass is 489 g/mol. The molecule has 1 aliphatic heterocycles. The van der Waals surface area contributed by atoms with E-state index in [1.165, 1.54) is 26.4 Å². The second kappa shape index (κ2) is 7.33. The summed E-state index contributed by atoms with van der Waals surface area (Å²) in [4.78, 5) is 42.5. The SMILES string of the molecule is COc1cc(N2C(=O)[C@@H]3C4c5ccccc5C(C(=O)O)(c5ccccc54)[C@H]3C2=O)c(OC)cc1Cl. The number of benzene rings is 3. The summed E-state index contributed by atoms with van der Waals surface area (Å²) < 4.78 is 10.8. The molecule has 0 unspecified atom stereocenters. The fourth-order valence-electron chi connectivity index (χ4n) is 6.39. The molecule has 2 amide bonds. The van der Waals surface area contributed by atoms with E-state index >= 15 is 0 Å². The Morgan fingerprint density at radius 2 is 1.49 bits per heavy atom. The molecule has 7 rings (SSSR count). The second-order valence-electron chi connectivity index (χ2n) is 8.94. The standard InChI is InChI=1S/C27H20ClNO6/c1-34-19-12-18(20(35-2)11-17(19)28)29-24(30)22-21-13-7-3-5-9-15(13)27(26(32)33,23(22)25(29)31)16-10-6-4-8-14(16)21/h3-12,21-23H,1-2H3,(H,32,33)/t21?,22-,23-,27?/m1/s1. The van der Waals surface area contributed by atoms with Crippen molar-refractivity contribution < 1.29 is 29.0 Å². The first-order valence-electron chi connectivity index (χ1n) is 11.1. The summed E-state index contributed by atoms with van der Waals surface area (Å²) in [5.41, 5.74) is 1.11. The van der Waals surface area contributed by atoms with Gasteiger partial charge in [-0.25, -0.2) is 4.90 Å². The van der Waals surface area contributed by atoms with Crippen LogP contribution in [0.15, 0.2) is 60.7 Å². The van der Waals surface area contributed by atoms with Gasteiger partial charge in [0.2, 0.25) is 11.8 Å². The van der Waals surface area contributed by atoms with E-state index in [1.807, 2.05) is 24.3 Å². The number of anilines is 1. The lowest BCUT2D eigenvalue weighted by atomic mass is 9.47. The molecule has 3 aromatic carbocycles. The number of halogens is 1. The number of amides is 2. The first-order valence-corrected chi connectivity index (χ1v) is 11.5. The summed E-state index contributed by atoms with van der Waals surface area (Å²) >= 11 is 6.25. The number of nitrogens with zero attached hydrogens (tertiary/aromatic N) is 1. The summed E-state index contributed by atoms with van der Waals surface area (Å²) in [6.07, 6.45) is 0. The molecule has 1 heterocycles. The molecule has 0 radical (unpaired) electrons. The van der Waals surface area contributed by atoms with Crippen molar-refractivity contribution in [3.63, 3.8) is 0 Å². The van der Waals surface area contributed by atoms with Crippen LogP contribution in [0.25, 0.3) is 0 Å². The van der Waals surface area contributed by atoms with E-state index < -0.39 is 41.0 Å². The highest BCUT2D eigenvalue weighted by atomic mass is 35.5. The van der Waals surface area contributed by atoms with Gasteiger partial charge in [0.15, 0.2) is 0 Å². The third-order valence-electron chi connectivity index (χ3n) is 7.65. The predicted molar refractivity (Wildman–Crippen MR) is 127 cm³/mol. The molecular formula is C27H20ClNO6. The van der Waals surface area contributed by atoms with Crippen molar-refractivity contribution in [2.75, 3.05) is 19.1 Å². The number of methoxy groups -OCH3 is 2. The van der Waals surface area contributed by atoms with E-state index in [1.54, 1.807) is 24.3 Å². The van der Waals surface area contributed by atoms with Gasteiger partial charge in [0.05, 0.1) is 36.8 Å². The minimum atomic E-state index is -1.70. The number of rotatable bonds is 4. The van der Waals surface area contributed by atoms with Gasteiger partial charge in [-0.3, -0.25) is 14.4 Å². The number of carbonyl (C=O) groups is 3. The molecule has 1 fully saturated rings. The van der Waals surface area contributed by atoms with Gasteiger partial charge in [0, 0.05) is 18.1 Å². The van der Waals surface area contributed by atoms with Gasteiger partial charge in [-0.1, -0.05) is 60.1 Å². The maximum Gasteiger partial charge on any atom is 0.319 e. The molecule has 2 atom stereocenters. The van der Waals surface area contributed by atoms with E-state index in [9.17, 15) is 19.5 Å². The number of imide groups is 1. The summed E-state index contributed by atoms with van der Waals surface area (Å²) in [6, 6.07) is 17.4. The Kier molecular flexibility index (Phi) is 4.54. The number of carbonyl (C=O) groups excluding carboxylic acids is 2. The number of aliphatic carboxylic acids is 1. The Bertz CT molecular complexity index is 1400. The van der Waals surface area contributed by atoms with Crippen LogP contribution in [0.4, 0.5) is 5.69 Å². The van der Waals surface area contributed by atoms with Gasteiger partial charge >= 0.3 is 5.97 Å². The van der Waals surface area contributed by atoms with Crippen LogP contribution >= 0.6 is 11.6 Å². The average molecular weight is 490 g/mol. The van der Waals surface area contributed by atoms with Crippen molar-refractivity contribution in [1.29, 1.82) is 0 Å². The molecule has 176 valence electrons. The normalized spacial score (nSPS) is 25.7. The predicted octanol–water partition coefficient (Wildman–Crippen LogP) is 3.99. The Balaban J connectivity index is 1.65. The number of hydrogen-bond donors (Lipinski definition) is 1. The van der Waals surface area contributed by atoms with Crippen LogP contribution < -0.4 is 14.4 Å². The maximum atomic E-state index is 14.1. The lowest BCUT2D eigenvalue weighted by molar-refractivity contribution is -0.149. The molecule has 1 N–H and O–H groups in total. The fraction of sp³-hybridized carbons (Fsp3) is 0.222. The van der Waals surface area contributed by atoms with Crippen LogP contribution in [0.3, 0.4) is 0 Å². The van der Waals surface area contributed by atoms with Gasteiger partial charge in [-0.05, 0) is 22.3 Å². The summed E-state index contributed by atoms with van der Waals surface area (Å²) in [5.74, 6) is -4.18. The van der Waals surface area contributed by atoms with Crippen LogP contribution in [0.1, 0.15) is 28.2 Å². The number of hydrogen-bond acceptors (Lipinski definition) is 5. The van der Waals surface area contributed by atoms with Crippen LogP contribution in [0.2, 0.25) is 5.02 Å². The molecule has 1 saturated heterocycles. The molecule has 2 bridgehead atoms. The van der Waals surface area contributed by atoms with Gasteiger partial charge < -0.3 is 14.6 Å². The van der Waals surface area contributed by atoms with Crippen LogP contribution in [0.5, 0.6) is 11.5 Å². The van der Waals surface area contributed by atoms with Crippen molar-refractivity contribution in [2.45, 2.75) is 11.3 Å². The zero-order valence-corrected chi connectivity index (χ0v) is 19.6. The minimum absolute atomic E-state index is 0.172. The quantitative estimate of drug-likeness (QED) is 0.557. The molecule has 0 saturated carbocycles. The highest BCUT2D eigenvalue weighted by Crippen LogP contribution is 2.64. The van der Waals surface area contributed by atoms with E-state index in [2.05, 4.69) is 0 Å². The van der Waals surface area contributed by atoms with Crippen LogP contribution in [0, 0.1) is 11.8 Å². The first-order chi connectivity index (χ1) is 16.9. The van der Waals surface area contributed by atoms with Crippen molar-refractivity contribution in [3.8, 4) is 11.5 Å². The smallest absolute Gasteiger partial charge is 0.319 e. The Labute approximate surface area is 205 Å². The van der Waals surface area contributed by atoms with E-state index in [0.29, 0.717) is 11.1 Å². The van der Waals surface area contributed by atoms with E-state index in [-0.39, 0.29) is 22.2 Å². The Morgan fingerprint density at radius 1 is 0.914 bits per heavy atom. The fourth-order valence-corrected chi connectivity index (χ4v) is 6.62. The highest BCUT2D eigenvalue weighted by molar-refractivity contribution is 6.33. The Hall–Kier alpha value is -3.84. The number of ether oxygens (including phenoxy) is 2. The summed E-state index contributed by atoms with van der Waals surface area (Å²) in [6.45, 7) is 0. The molecule has 7 nitrogen and oxygen atoms in total. The number of carboxylic acid groups (broad SMARTS) is 1. The molecule has 0 aromatic heterocycles. The molecule has 0 spiro atoms. The van der Waals surface area contributed by atoms with Crippen LogP contribution in [-0.4, -0.2) is 37.1 Å². The molecule has 3 aliphatic carbocycles. The van der Waals surface area contributed by atoms with Crippen molar-refractivity contribution in [1.82, 2.24) is 0 Å². The van der Waals surface area contributed by atoms with Gasteiger partial charge in [-0.15, -0.1) is 0 Å². The third-order valence-corrected chi connectivity index (χ3v) is 7.95. The molecular weight excluding hydrogens is 470 g/mol. The van der Waals surface area contributed by atoms with Gasteiger partial charge in [0.1, 0.15) is 16.9 Å². The highest BCUT2D eigenvalue weighted by Gasteiger charge is 2.71. The third kappa shape index (κ3) is 2.48. The molecule has 3 aromatic rings. The maximum absolute atomic E-state index is 14.1. The van der Waals surface area contributed by atoms with Crippen molar-refractivity contribution in [2.24, 2.45) is 11.8 Å². The average Bonchev–Trinajstić information content (AvgIpc) is 3.14. The number of carboxylic acids is 1. The summed E-state index contributed by atoms with van der Waals surface area (Å²) in [5, 5.41) is 11.0. The van der Waals surface area contributed by atoms with E-state index in [0.717, 1.165) is 16.0 Å². The Morgan fingerprint density at radius 3 is 2.03 bits per heavy atom. The largest absolute Gasteiger partial charge is 0.495 e. The molecule has 35 heavy (non-hydrogen) atoms. The zero-order chi connectivity index (χ0) is 24.6. The lowest BCUT2D eigenvalue weighted by Gasteiger charge is -2.51. The summed E-state index contributed by atoms with van der Waals surface area (Å²) in [7, 11) is 2.84. The molecule has 4 aliphatic rings. The second-order valence-corrected chi connectivity index (χ2v) is 9.35.